The Morgan fingerprint density at radius 3 is 2.47 bits per heavy atom. The van der Waals surface area contributed by atoms with Crippen molar-refractivity contribution in [3.8, 4) is 5.75 Å². The highest BCUT2D eigenvalue weighted by Crippen LogP contribution is 2.52. The number of benzene rings is 2. The second kappa shape index (κ2) is 15.7. The Labute approximate surface area is 330 Å². The van der Waals surface area contributed by atoms with Crippen molar-refractivity contribution in [2.75, 3.05) is 25.0 Å². The molecule has 0 amide bonds. The monoisotopic (exact) mass is 857 g/mol. The first kappa shape index (κ1) is 41.3. The Morgan fingerprint density at radius 2 is 1.84 bits per heavy atom. The molecule has 7 rings (SSSR count). The Bertz CT molecular complexity index is 2280. The fraction of sp³-hybridized carbons (Fsp3) is 0.486. The molecule has 1 saturated heterocycles. The molecule has 4 aromatic rings. The van der Waals surface area contributed by atoms with E-state index in [0.29, 0.717) is 22.6 Å². The average molecular weight is 858 g/mol. The number of aromatic nitrogens is 4. The maximum Gasteiger partial charge on any atom is 0.459 e. The molecule has 0 radical (unpaired) electrons. The van der Waals surface area contributed by atoms with Gasteiger partial charge in [-0.05, 0) is 69.4 Å². The van der Waals surface area contributed by atoms with Gasteiger partial charge in [-0.3, -0.25) is 18.9 Å². The van der Waals surface area contributed by atoms with Crippen molar-refractivity contribution in [2.24, 2.45) is 0 Å². The maximum atomic E-state index is 14.7. The molecule has 0 bridgehead atoms. The molecule has 3 fully saturated rings. The lowest BCUT2D eigenvalue weighted by Crippen LogP contribution is -2.57. The minimum absolute atomic E-state index is 0.0927. The Kier molecular flexibility index (Phi) is 11.4. The molecule has 0 spiro atoms. The van der Waals surface area contributed by atoms with Gasteiger partial charge in [0.05, 0.1) is 30.9 Å². The number of methoxy groups -OCH3 is 1. The molecular formula is C35H40ClF3N7O9PS. The van der Waals surface area contributed by atoms with E-state index >= 15 is 0 Å². The number of fused-ring (bicyclic) bond motifs is 1. The number of hydrogen-bond donors (Lipinski definition) is 2. The van der Waals surface area contributed by atoms with E-state index in [4.69, 9.17) is 34.9 Å². The highest BCUT2D eigenvalue weighted by Gasteiger charge is 2.53. The average Bonchev–Trinajstić information content (AvgIpc) is 3.81. The predicted molar refractivity (Wildman–Crippen MR) is 199 cm³/mol. The van der Waals surface area contributed by atoms with Gasteiger partial charge in [-0.1, -0.05) is 29.8 Å². The van der Waals surface area contributed by atoms with Crippen molar-refractivity contribution in [2.45, 2.75) is 87.7 Å². The number of carbonyl (C=O) groups is 1. The summed E-state index contributed by atoms with van der Waals surface area (Å²) in [5.41, 5.74) is -3.15. The highest BCUT2D eigenvalue weighted by molar-refractivity contribution is 7.88. The summed E-state index contributed by atoms with van der Waals surface area (Å²) in [5, 5.41) is 4.61. The first-order chi connectivity index (χ1) is 26.9. The molecule has 57 heavy (non-hydrogen) atoms. The molecule has 3 aliphatic rings. The fourth-order valence-corrected chi connectivity index (χ4v) is 9.30. The number of carbonyl (C=O) groups excluding carboxylic acids is 1. The number of sulfonamides is 1. The smallest absolute Gasteiger partial charge is 0.459 e. The third kappa shape index (κ3) is 9.07. The van der Waals surface area contributed by atoms with Crippen molar-refractivity contribution < 1.29 is 54.2 Å². The van der Waals surface area contributed by atoms with Crippen molar-refractivity contribution >= 4 is 52.3 Å². The van der Waals surface area contributed by atoms with Crippen LogP contribution in [0.5, 0.6) is 5.75 Å². The number of hydrazine groups is 1. The molecule has 22 heteroatoms. The minimum Gasteiger partial charge on any atom is -0.459 e. The molecule has 16 nitrogen and oxygen atoms in total. The van der Waals surface area contributed by atoms with E-state index in [1.54, 1.807) is 11.5 Å². The van der Waals surface area contributed by atoms with Crippen molar-refractivity contribution in [3.63, 3.8) is 0 Å². The minimum atomic E-state index is -4.66. The van der Waals surface area contributed by atoms with Gasteiger partial charge in [-0.25, -0.2) is 27.9 Å². The van der Waals surface area contributed by atoms with E-state index in [1.165, 1.54) is 67.2 Å². The number of rotatable bonds is 16. The number of esters is 1. The Morgan fingerprint density at radius 1 is 1.12 bits per heavy atom. The van der Waals surface area contributed by atoms with Gasteiger partial charge in [0.25, 0.3) is 0 Å². The zero-order valence-electron chi connectivity index (χ0n) is 30.9. The van der Waals surface area contributed by atoms with Gasteiger partial charge in [0.15, 0.2) is 23.2 Å². The standard InChI is InChI=1S/C35H40ClF3N7O9PS/c1-33(51-2)17-26(54-31(33)45-21-42-28-29(45)40-20-41-30(28)46(24-11-12-24)44-57(3,49)50)19-53-56(48,55-25-13-9-23(36)10-14-25)43-34(15-6-16-34)32(47)52-18-22-7-4-5-8-27(22)35(37,38)39/h4-5,7-10,13-14,20-21,24,26,31,44H,6,11-12,15-19H2,1-3H3,(H,43,48)/t26?,31?,33-,56?/m1/s1. The first-order valence-corrected chi connectivity index (χ1v) is 21.7. The number of halogens is 4. The van der Waals surface area contributed by atoms with Crippen LogP contribution in [0.4, 0.5) is 19.0 Å². The number of anilines is 1. The van der Waals surface area contributed by atoms with Crippen molar-refractivity contribution in [1.29, 1.82) is 0 Å². The number of ether oxygens (including phenoxy) is 3. The normalized spacial score (nSPS) is 23.1. The lowest BCUT2D eigenvalue weighted by atomic mass is 9.78. The molecular weight excluding hydrogens is 818 g/mol. The van der Waals surface area contributed by atoms with Gasteiger partial charge in [0.1, 0.15) is 29.8 Å². The van der Waals surface area contributed by atoms with Gasteiger partial charge in [0, 0.05) is 30.2 Å². The third-order valence-corrected chi connectivity index (χ3v) is 12.5. The van der Waals surface area contributed by atoms with E-state index in [1.807, 2.05) is 0 Å². The molecule has 2 aliphatic carbocycles. The van der Waals surface area contributed by atoms with Crippen LogP contribution in [0.1, 0.15) is 62.8 Å². The summed E-state index contributed by atoms with van der Waals surface area (Å²) in [4.78, 5) is 29.4. The second-order valence-corrected chi connectivity index (χ2v) is 18.3. The zero-order chi connectivity index (χ0) is 40.8. The molecule has 4 atom stereocenters. The number of nitrogens with zero attached hydrogens (tertiary/aromatic N) is 5. The number of nitrogens with one attached hydrogen (secondary N) is 2. The van der Waals surface area contributed by atoms with Crippen LogP contribution in [-0.2, 0) is 50.9 Å². The Balaban J connectivity index is 1.11. The van der Waals surface area contributed by atoms with Gasteiger partial charge in [-0.2, -0.15) is 18.3 Å². The summed E-state index contributed by atoms with van der Waals surface area (Å²) < 4.78 is 111. The Hall–Kier alpha value is -3.88. The summed E-state index contributed by atoms with van der Waals surface area (Å²) in [5.74, 6) is -0.558. The van der Waals surface area contributed by atoms with Crippen molar-refractivity contribution in [1.82, 2.24) is 29.4 Å². The molecule has 1 aliphatic heterocycles. The molecule has 2 aromatic heterocycles. The SMILES string of the molecule is CO[C@]1(C)CC(COP(=O)(NC2(C(=O)OCc3ccccc3C(F)(F)F)CCC2)Oc2ccc(Cl)cc2)OC1n1cnc2c(N(NS(C)(=O)=O)C3CC3)ncnc21. The van der Waals surface area contributed by atoms with Gasteiger partial charge in [-0.15, -0.1) is 4.83 Å². The van der Waals surface area contributed by atoms with Crippen LogP contribution in [0.25, 0.3) is 11.2 Å². The van der Waals surface area contributed by atoms with Gasteiger partial charge >= 0.3 is 19.9 Å². The van der Waals surface area contributed by atoms with E-state index in [0.717, 1.165) is 25.2 Å². The van der Waals surface area contributed by atoms with Crippen LogP contribution in [0, 0.1) is 0 Å². The van der Waals surface area contributed by atoms with Crippen LogP contribution in [0.2, 0.25) is 5.02 Å². The fourth-order valence-electron chi connectivity index (χ4n) is 6.81. The van der Waals surface area contributed by atoms with Crippen LogP contribution in [0.15, 0.2) is 61.2 Å². The van der Waals surface area contributed by atoms with Gasteiger partial charge < -0.3 is 18.7 Å². The summed E-state index contributed by atoms with van der Waals surface area (Å²) in [6, 6.07) is 10.6. The van der Waals surface area contributed by atoms with Crippen LogP contribution >= 0.6 is 19.3 Å². The largest absolute Gasteiger partial charge is 0.459 e. The molecule has 3 heterocycles. The zero-order valence-corrected chi connectivity index (χ0v) is 33.4. The number of hydrogen-bond acceptors (Lipinski definition) is 13. The van der Waals surface area contributed by atoms with E-state index < -0.39 is 65.6 Å². The molecule has 308 valence electrons. The highest BCUT2D eigenvalue weighted by atomic mass is 35.5. The lowest BCUT2D eigenvalue weighted by molar-refractivity contribution is -0.157. The molecule has 2 N–H and O–H groups in total. The quantitative estimate of drug-likeness (QED) is 0.0750. The van der Waals surface area contributed by atoms with E-state index in [9.17, 15) is 30.9 Å². The topological polar surface area (TPSA) is 185 Å². The summed E-state index contributed by atoms with van der Waals surface area (Å²) in [6.07, 6.45) is 0.0409. The van der Waals surface area contributed by atoms with E-state index in [2.05, 4.69) is 24.9 Å². The van der Waals surface area contributed by atoms with Crippen LogP contribution in [0.3, 0.4) is 0 Å². The van der Waals surface area contributed by atoms with Crippen LogP contribution < -0.4 is 19.5 Å². The van der Waals surface area contributed by atoms with Gasteiger partial charge in [0.2, 0.25) is 10.0 Å². The van der Waals surface area contributed by atoms with E-state index in [-0.39, 0.29) is 49.0 Å². The molecule has 2 aromatic carbocycles. The maximum absolute atomic E-state index is 14.7. The third-order valence-electron chi connectivity index (χ3n) is 10.0. The number of alkyl halides is 3. The lowest BCUT2D eigenvalue weighted by Gasteiger charge is -2.41. The summed E-state index contributed by atoms with van der Waals surface area (Å²) >= 11 is 6.06. The first-order valence-electron chi connectivity index (χ1n) is 17.9. The summed E-state index contributed by atoms with van der Waals surface area (Å²) in [7, 11) is -6.63. The predicted octanol–water partition coefficient (Wildman–Crippen LogP) is 6.08. The second-order valence-electron chi connectivity index (χ2n) is 14.4. The van der Waals surface area contributed by atoms with Crippen molar-refractivity contribution in [3.05, 3.63) is 77.3 Å². The summed E-state index contributed by atoms with van der Waals surface area (Å²) in [6.45, 7) is 0.792. The molecule has 3 unspecified atom stereocenters. The van der Waals surface area contributed by atoms with Crippen LogP contribution in [-0.4, -0.2) is 77.2 Å². The molecule has 2 saturated carbocycles. The number of imidazole rings is 1.